The Bertz CT molecular complexity index is 1270. The Kier molecular flexibility index (Phi) is 10.3. The van der Waals surface area contributed by atoms with E-state index in [2.05, 4.69) is 20.9 Å². The zero-order chi connectivity index (χ0) is 28.5. The predicted molar refractivity (Wildman–Crippen MR) is 152 cm³/mol. The van der Waals surface area contributed by atoms with E-state index in [0.29, 0.717) is 35.8 Å². The zero-order valence-corrected chi connectivity index (χ0v) is 23.1. The minimum Gasteiger partial charge on any atom is -0.495 e. The van der Waals surface area contributed by atoms with Crippen LogP contribution < -0.4 is 20.7 Å². The van der Waals surface area contributed by atoms with Crippen LogP contribution in [-0.2, 0) is 20.8 Å². The number of carboxylic acid groups (broad SMARTS) is 1. The summed E-state index contributed by atoms with van der Waals surface area (Å²) in [7, 11) is 3.17. The lowest BCUT2D eigenvalue weighted by Crippen LogP contribution is -2.41. The number of ether oxygens (including phenoxy) is 1. The van der Waals surface area contributed by atoms with E-state index in [-0.39, 0.29) is 24.0 Å². The van der Waals surface area contributed by atoms with Gasteiger partial charge >= 0.3 is 12.0 Å². The molecule has 0 radical (unpaired) electrons. The number of aliphatic imine (C=N–C) groups is 1. The molecule has 11 nitrogen and oxygen atoms in total. The normalized spacial score (nSPS) is 15.1. The Morgan fingerprint density at radius 2 is 1.87 bits per heavy atom. The third-order valence-electron chi connectivity index (χ3n) is 6.01. The average Bonchev–Trinajstić information content (AvgIpc) is 3.32. The highest BCUT2D eigenvalue weighted by Gasteiger charge is 2.28. The lowest BCUT2D eigenvalue weighted by atomic mass is 10.1. The van der Waals surface area contributed by atoms with Gasteiger partial charge in [-0.1, -0.05) is 24.3 Å². The van der Waals surface area contributed by atoms with Crippen LogP contribution in [0.2, 0.25) is 0 Å². The van der Waals surface area contributed by atoms with Gasteiger partial charge in [0.25, 0.3) is 0 Å². The van der Waals surface area contributed by atoms with Crippen molar-refractivity contribution in [2.24, 2.45) is 4.99 Å². The number of carboxylic acids is 1. The minimum atomic E-state index is -1.09. The number of aryl methyl sites for hydroxylation is 1. The van der Waals surface area contributed by atoms with E-state index in [1.807, 2.05) is 31.2 Å². The summed E-state index contributed by atoms with van der Waals surface area (Å²) in [5, 5.41) is 18.0. The van der Waals surface area contributed by atoms with Gasteiger partial charge in [0.2, 0.25) is 11.8 Å². The molecule has 2 unspecified atom stereocenters. The monoisotopic (exact) mass is 555 g/mol. The first kappa shape index (κ1) is 29.5. The third kappa shape index (κ3) is 8.74. The highest BCUT2D eigenvalue weighted by molar-refractivity contribution is 8.14. The van der Waals surface area contributed by atoms with E-state index >= 15 is 0 Å². The van der Waals surface area contributed by atoms with Gasteiger partial charge in [0.05, 0.1) is 37.4 Å². The van der Waals surface area contributed by atoms with E-state index in [1.54, 1.807) is 30.1 Å². The number of hydrogen-bond donors (Lipinski definition) is 4. The first-order chi connectivity index (χ1) is 18.5. The van der Waals surface area contributed by atoms with Gasteiger partial charge < -0.3 is 30.7 Å². The van der Waals surface area contributed by atoms with Crippen molar-refractivity contribution in [1.29, 1.82) is 0 Å². The van der Waals surface area contributed by atoms with Gasteiger partial charge in [-0.15, -0.1) is 11.8 Å². The molecule has 2 atom stereocenters. The first-order valence-electron chi connectivity index (χ1n) is 12.3. The van der Waals surface area contributed by atoms with Crippen molar-refractivity contribution in [2.75, 3.05) is 37.9 Å². The largest absolute Gasteiger partial charge is 0.495 e. The van der Waals surface area contributed by atoms with Crippen LogP contribution in [0.25, 0.3) is 0 Å². The molecule has 1 aliphatic rings. The third-order valence-corrected chi connectivity index (χ3v) is 7.21. The maximum atomic E-state index is 12.9. The summed E-state index contributed by atoms with van der Waals surface area (Å²) in [4.78, 5) is 54.1. The second kappa shape index (κ2) is 13.7. The average molecular weight is 556 g/mol. The number of methoxy groups -OCH3 is 1. The molecule has 0 saturated heterocycles. The number of carbonyl (C=O) groups is 4. The van der Waals surface area contributed by atoms with Gasteiger partial charge in [0.15, 0.2) is 0 Å². The minimum absolute atomic E-state index is 0.0937. The van der Waals surface area contributed by atoms with E-state index < -0.39 is 23.9 Å². The lowest BCUT2D eigenvalue weighted by Gasteiger charge is -2.19. The molecule has 0 bridgehead atoms. The fourth-order valence-electron chi connectivity index (χ4n) is 3.95. The Morgan fingerprint density at radius 1 is 1.15 bits per heavy atom. The van der Waals surface area contributed by atoms with Crippen molar-refractivity contribution in [3.63, 3.8) is 0 Å². The van der Waals surface area contributed by atoms with Crippen LogP contribution in [-0.4, -0.2) is 77.4 Å². The fraction of sp³-hybridized carbons (Fsp3) is 0.370. The molecule has 0 saturated carbocycles. The van der Waals surface area contributed by atoms with Crippen LogP contribution in [0.15, 0.2) is 47.5 Å². The number of benzene rings is 2. The van der Waals surface area contributed by atoms with Gasteiger partial charge in [-0.25, -0.2) is 9.59 Å². The first-order valence-corrected chi connectivity index (χ1v) is 13.2. The number of nitrogens with one attached hydrogen (secondary N) is 3. The standard InChI is InChI=1S/C27H33N5O6S/c1-16-7-5-6-8-20(16)30-27(37)31-21-10-9-18(11-23(21)38-4)12-25(34)32(3)15-24-28-14-19(39-24)13-22(26(35)36)29-17(2)33/h5-11,19,22H,12-15H2,1-4H3,(H,29,33)(H,35,36)(H2,30,31,37). The summed E-state index contributed by atoms with van der Waals surface area (Å²) < 4.78 is 5.44. The van der Waals surface area contributed by atoms with E-state index in [9.17, 15) is 24.3 Å². The van der Waals surface area contributed by atoms with E-state index in [1.165, 1.54) is 25.8 Å². The molecule has 0 aromatic heterocycles. The molecule has 39 heavy (non-hydrogen) atoms. The van der Waals surface area contributed by atoms with Crippen LogP contribution in [0.1, 0.15) is 24.5 Å². The number of aliphatic carboxylic acids is 1. The van der Waals surface area contributed by atoms with Crippen LogP contribution in [0.5, 0.6) is 5.75 Å². The highest BCUT2D eigenvalue weighted by Crippen LogP contribution is 2.28. The van der Waals surface area contributed by atoms with Gasteiger partial charge in [-0.05, 0) is 42.7 Å². The molecule has 0 spiro atoms. The van der Waals surface area contributed by atoms with Crippen LogP contribution in [0.4, 0.5) is 16.2 Å². The maximum Gasteiger partial charge on any atom is 0.326 e. The number of para-hydroxylation sites is 1. The molecular formula is C27H33N5O6S. The summed E-state index contributed by atoms with van der Waals surface area (Å²) in [5.41, 5.74) is 2.82. The Balaban J connectivity index is 1.53. The van der Waals surface area contributed by atoms with Crippen molar-refractivity contribution in [3.05, 3.63) is 53.6 Å². The van der Waals surface area contributed by atoms with Crippen LogP contribution in [0.3, 0.4) is 0 Å². The molecule has 12 heteroatoms. The Hall–Kier alpha value is -4.06. The van der Waals surface area contributed by atoms with Crippen molar-refractivity contribution in [2.45, 2.75) is 38.0 Å². The zero-order valence-electron chi connectivity index (χ0n) is 22.3. The number of thioether (sulfide) groups is 1. The number of rotatable bonds is 11. The summed E-state index contributed by atoms with van der Waals surface area (Å²) in [6.45, 7) is 3.91. The SMILES string of the molecule is COc1cc(CC(=O)N(C)CC2=NCC(CC(NC(C)=O)C(=O)O)S2)ccc1NC(=O)Nc1ccccc1C. The number of likely N-dealkylation sites (N-methyl/N-ethyl adjacent to an activating group) is 1. The lowest BCUT2D eigenvalue weighted by molar-refractivity contribution is -0.141. The summed E-state index contributed by atoms with van der Waals surface area (Å²) in [5.74, 6) is -1.20. The number of carbonyl (C=O) groups excluding carboxylic acids is 3. The van der Waals surface area contributed by atoms with Crippen molar-refractivity contribution in [1.82, 2.24) is 10.2 Å². The number of amides is 4. The summed E-state index contributed by atoms with van der Waals surface area (Å²) in [6, 6.07) is 11.2. The van der Waals surface area contributed by atoms with E-state index in [4.69, 9.17) is 4.74 Å². The highest BCUT2D eigenvalue weighted by atomic mass is 32.2. The second-order valence-corrected chi connectivity index (χ2v) is 10.5. The van der Waals surface area contributed by atoms with Gasteiger partial charge in [0, 0.05) is 24.9 Å². The number of urea groups is 1. The number of anilines is 2. The molecule has 3 rings (SSSR count). The number of nitrogens with zero attached hydrogens (tertiary/aromatic N) is 2. The Labute approximate surface area is 231 Å². The van der Waals surface area contributed by atoms with Crippen LogP contribution >= 0.6 is 11.8 Å². The van der Waals surface area contributed by atoms with E-state index in [0.717, 1.165) is 10.6 Å². The molecule has 4 N–H and O–H groups in total. The molecule has 2 aromatic carbocycles. The van der Waals surface area contributed by atoms with Crippen LogP contribution in [0, 0.1) is 6.92 Å². The van der Waals surface area contributed by atoms with Crippen molar-refractivity contribution >= 4 is 52.0 Å². The maximum absolute atomic E-state index is 12.9. The summed E-state index contributed by atoms with van der Waals surface area (Å²) in [6.07, 6.45) is 0.362. The topological polar surface area (TPSA) is 149 Å². The van der Waals surface area contributed by atoms with Gasteiger partial charge in [-0.2, -0.15) is 0 Å². The second-order valence-electron chi connectivity index (χ2n) is 9.16. The molecule has 208 valence electrons. The van der Waals surface area contributed by atoms with Gasteiger partial charge in [0.1, 0.15) is 11.8 Å². The quantitative estimate of drug-likeness (QED) is 0.333. The summed E-state index contributed by atoms with van der Waals surface area (Å²) >= 11 is 1.43. The molecule has 0 fully saturated rings. The Morgan fingerprint density at radius 3 is 2.54 bits per heavy atom. The smallest absolute Gasteiger partial charge is 0.326 e. The predicted octanol–water partition coefficient (Wildman–Crippen LogP) is 3.14. The van der Waals surface area contributed by atoms with Gasteiger partial charge in [-0.3, -0.25) is 14.6 Å². The number of hydrogen-bond acceptors (Lipinski definition) is 7. The fourth-order valence-corrected chi connectivity index (χ4v) is 5.19. The molecular weight excluding hydrogens is 522 g/mol. The molecule has 1 aliphatic heterocycles. The van der Waals surface area contributed by atoms with Crippen molar-refractivity contribution in [3.8, 4) is 5.75 Å². The molecule has 1 heterocycles. The molecule has 4 amide bonds. The molecule has 0 aliphatic carbocycles. The van der Waals surface area contributed by atoms with Crippen molar-refractivity contribution < 1.29 is 29.0 Å². The molecule has 2 aromatic rings.